The molecule has 1 aliphatic carbocycles. The predicted molar refractivity (Wildman–Crippen MR) is 114 cm³/mol. The second-order valence-electron chi connectivity index (χ2n) is 8.17. The topological polar surface area (TPSA) is 78.2 Å². The minimum absolute atomic E-state index is 0.0945. The number of carbonyl (C=O) groups excluding carboxylic acids is 2. The van der Waals surface area contributed by atoms with Gasteiger partial charge in [-0.1, -0.05) is 18.0 Å². The summed E-state index contributed by atoms with van der Waals surface area (Å²) < 4.78 is 5.51. The number of fused-ring (bicyclic) bond motifs is 3. The molecule has 2 N–H and O–H groups in total. The molecule has 1 atom stereocenters. The molecule has 30 heavy (non-hydrogen) atoms. The summed E-state index contributed by atoms with van der Waals surface area (Å²) in [5, 5.41) is 1.74. The largest absolute Gasteiger partial charge is 0.465 e. The van der Waals surface area contributed by atoms with Crippen LogP contribution in [-0.2, 0) is 16.0 Å². The lowest BCUT2D eigenvalue weighted by Gasteiger charge is -2.50. The van der Waals surface area contributed by atoms with Gasteiger partial charge in [0.05, 0.1) is 18.1 Å². The van der Waals surface area contributed by atoms with E-state index in [9.17, 15) is 9.59 Å². The molecular weight excluding hydrogens is 402 g/mol. The first-order valence-corrected chi connectivity index (χ1v) is 10.8. The molecule has 0 saturated heterocycles. The van der Waals surface area contributed by atoms with Crippen LogP contribution in [0.3, 0.4) is 0 Å². The van der Waals surface area contributed by atoms with Crippen molar-refractivity contribution in [1.82, 2.24) is 14.9 Å². The van der Waals surface area contributed by atoms with Crippen LogP contribution in [0.1, 0.15) is 54.0 Å². The van der Waals surface area contributed by atoms with Gasteiger partial charge in [-0.2, -0.15) is 0 Å². The molecule has 1 saturated carbocycles. The average Bonchev–Trinajstić information content (AvgIpc) is 3.35. The Morgan fingerprint density at radius 3 is 2.80 bits per heavy atom. The van der Waals surface area contributed by atoms with Crippen LogP contribution >= 0.6 is 11.6 Å². The Hall–Kier alpha value is -2.73. The second-order valence-corrected chi connectivity index (χ2v) is 8.61. The van der Waals surface area contributed by atoms with E-state index in [1.54, 1.807) is 12.3 Å². The van der Waals surface area contributed by atoms with Crippen LogP contribution in [0, 0.1) is 5.41 Å². The van der Waals surface area contributed by atoms with Crippen molar-refractivity contribution in [2.24, 2.45) is 5.41 Å². The average molecular weight is 426 g/mol. The third-order valence-electron chi connectivity index (χ3n) is 6.63. The molecule has 2 aliphatic rings. The van der Waals surface area contributed by atoms with Crippen molar-refractivity contribution in [2.45, 2.75) is 38.6 Å². The fraction of sp³-hybridized carbons (Fsp3) is 0.391. The molecule has 0 bridgehead atoms. The number of ether oxygens (including phenoxy) is 1. The first-order valence-electron chi connectivity index (χ1n) is 10.5. The van der Waals surface area contributed by atoms with Gasteiger partial charge in [-0.05, 0) is 62.1 Å². The standard InChI is InChI=1S/C23H24ClN3O3/c1-2-30-22(29)23(9-4-10-23)20-19-15(16-13-14(24)6-7-17(16)26-19)8-12-27(20)21(28)18-5-3-11-25-18/h3,5-7,11,13,20,25-26H,2,4,8-10,12H2,1H3. The van der Waals surface area contributed by atoms with Crippen molar-refractivity contribution < 1.29 is 14.3 Å². The van der Waals surface area contributed by atoms with E-state index in [1.807, 2.05) is 36.1 Å². The number of H-pyrrole nitrogens is 2. The van der Waals surface area contributed by atoms with E-state index < -0.39 is 11.5 Å². The van der Waals surface area contributed by atoms with Gasteiger partial charge < -0.3 is 19.6 Å². The van der Waals surface area contributed by atoms with Crippen LogP contribution in [0.2, 0.25) is 5.02 Å². The molecule has 7 heteroatoms. The highest BCUT2D eigenvalue weighted by Gasteiger charge is 2.57. The summed E-state index contributed by atoms with van der Waals surface area (Å²) in [7, 11) is 0. The maximum absolute atomic E-state index is 13.4. The molecule has 156 valence electrons. The molecule has 1 amide bonds. The molecule has 3 heterocycles. The fourth-order valence-corrected chi connectivity index (χ4v) is 5.27. The lowest BCUT2D eigenvalue weighted by Crippen LogP contribution is -2.54. The fourth-order valence-electron chi connectivity index (χ4n) is 5.09. The van der Waals surface area contributed by atoms with Gasteiger partial charge in [0.2, 0.25) is 0 Å². The zero-order valence-corrected chi connectivity index (χ0v) is 17.6. The number of rotatable bonds is 4. The van der Waals surface area contributed by atoms with E-state index in [4.69, 9.17) is 16.3 Å². The second kappa shape index (κ2) is 7.20. The molecule has 1 aliphatic heterocycles. The Balaban J connectivity index is 1.68. The first kappa shape index (κ1) is 19.2. The molecule has 3 aromatic rings. The molecule has 5 rings (SSSR count). The van der Waals surface area contributed by atoms with Crippen molar-refractivity contribution in [3.05, 3.63) is 58.5 Å². The number of halogens is 1. The third kappa shape index (κ3) is 2.77. The summed E-state index contributed by atoms with van der Waals surface area (Å²) in [4.78, 5) is 35.0. The molecule has 1 fully saturated rings. The van der Waals surface area contributed by atoms with Crippen molar-refractivity contribution in [3.63, 3.8) is 0 Å². The molecule has 6 nitrogen and oxygen atoms in total. The van der Waals surface area contributed by atoms with E-state index in [0.717, 1.165) is 28.6 Å². The number of hydrogen-bond donors (Lipinski definition) is 2. The maximum Gasteiger partial charge on any atom is 0.314 e. The molecule has 1 unspecified atom stereocenters. The number of aromatic amines is 2. The summed E-state index contributed by atoms with van der Waals surface area (Å²) in [5.41, 5.74) is 2.86. The van der Waals surface area contributed by atoms with Gasteiger partial charge in [-0.3, -0.25) is 9.59 Å². The van der Waals surface area contributed by atoms with Crippen LogP contribution in [-0.4, -0.2) is 39.9 Å². The monoisotopic (exact) mass is 425 g/mol. The van der Waals surface area contributed by atoms with Crippen LogP contribution in [0.5, 0.6) is 0 Å². The van der Waals surface area contributed by atoms with Crippen LogP contribution in [0.25, 0.3) is 10.9 Å². The first-order chi connectivity index (χ1) is 14.5. The number of hydrogen-bond acceptors (Lipinski definition) is 3. The van der Waals surface area contributed by atoms with Crippen LogP contribution < -0.4 is 0 Å². The Kier molecular flexibility index (Phi) is 4.62. The molecular formula is C23H24ClN3O3. The number of nitrogens with one attached hydrogen (secondary N) is 2. The quantitative estimate of drug-likeness (QED) is 0.598. The maximum atomic E-state index is 13.4. The summed E-state index contributed by atoms with van der Waals surface area (Å²) >= 11 is 6.26. The van der Waals surface area contributed by atoms with Gasteiger partial charge in [0, 0.05) is 34.4 Å². The zero-order chi connectivity index (χ0) is 20.9. The Morgan fingerprint density at radius 1 is 1.30 bits per heavy atom. The number of benzene rings is 1. The zero-order valence-electron chi connectivity index (χ0n) is 16.8. The summed E-state index contributed by atoms with van der Waals surface area (Å²) in [6, 6.07) is 8.97. The predicted octanol–water partition coefficient (Wildman–Crippen LogP) is 4.62. The minimum atomic E-state index is -0.724. The highest BCUT2D eigenvalue weighted by atomic mass is 35.5. The van der Waals surface area contributed by atoms with Gasteiger partial charge in [-0.15, -0.1) is 0 Å². The van der Waals surface area contributed by atoms with Crippen LogP contribution in [0.15, 0.2) is 36.5 Å². The van der Waals surface area contributed by atoms with E-state index in [-0.39, 0.29) is 11.9 Å². The number of nitrogens with zero attached hydrogens (tertiary/aromatic N) is 1. The van der Waals surface area contributed by atoms with E-state index in [2.05, 4.69) is 9.97 Å². The van der Waals surface area contributed by atoms with Crippen molar-refractivity contribution in [2.75, 3.05) is 13.2 Å². The lowest BCUT2D eigenvalue weighted by molar-refractivity contribution is -0.168. The van der Waals surface area contributed by atoms with E-state index in [0.29, 0.717) is 43.1 Å². The number of carbonyl (C=O) groups is 2. The van der Waals surface area contributed by atoms with Crippen molar-refractivity contribution in [1.29, 1.82) is 0 Å². The van der Waals surface area contributed by atoms with Crippen molar-refractivity contribution in [3.8, 4) is 0 Å². The molecule has 0 spiro atoms. The van der Waals surface area contributed by atoms with Gasteiger partial charge in [0.25, 0.3) is 5.91 Å². The summed E-state index contributed by atoms with van der Waals surface area (Å²) in [5.74, 6) is -0.307. The molecule has 1 aromatic carbocycles. The van der Waals surface area contributed by atoms with E-state index >= 15 is 0 Å². The Labute approximate surface area is 179 Å². The SMILES string of the molecule is CCOC(=O)C1(C2c3[nH]c4ccc(Cl)cc4c3CCN2C(=O)c2ccc[nH]2)CCC1. The van der Waals surface area contributed by atoms with Gasteiger partial charge in [-0.25, -0.2) is 0 Å². The number of esters is 1. The normalized spacial score (nSPS) is 19.9. The Morgan fingerprint density at radius 2 is 2.13 bits per heavy atom. The van der Waals surface area contributed by atoms with Gasteiger partial charge >= 0.3 is 5.97 Å². The van der Waals surface area contributed by atoms with E-state index in [1.165, 1.54) is 0 Å². The van der Waals surface area contributed by atoms with Crippen molar-refractivity contribution >= 4 is 34.4 Å². The Bertz CT molecular complexity index is 1110. The third-order valence-corrected chi connectivity index (χ3v) is 6.86. The highest BCUT2D eigenvalue weighted by molar-refractivity contribution is 6.31. The number of amides is 1. The van der Waals surface area contributed by atoms with Crippen LogP contribution in [0.4, 0.5) is 0 Å². The van der Waals surface area contributed by atoms with Gasteiger partial charge in [0.1, 0.15) is 5.69 Å². The number of aromatic nitrogens is 2. The van der Waals surface area contributed by atoms with Gasteiger partial charge in [0.15, 0.2) is 0 Å². The smallest absolute Gasteiger partial charge is 0.314 e. The lowest BCUT2D eigenvalue weighted by atomic mass is 9.61. The molecule has 0 radical (unpaired) electrons. The highest BCUT2D eigenvalue weighted by Crippen LogP contribution is 2.56. The minimum Gasteiger partial charge on any atom is -0.465 e. The summed E-state index contributed by atoms with van der Waals surface area (Å²) in [6.45, 7) is 2.69. The molecule has 2 aromatic heterocycles. The summed E-state index contributed by atoms with van der Waals surface area (Å²) in [6.07, 6.45) is 4.81.